The van der Waals surface area contributed by atoms with Gasteiger partial charge in [0.25, 0.3) is 5.91 Å². The highest BCUT2D eigenvalue weighted by atomic mass is 35.5. The van der Waals surface area contributed by atoms with Crippen LogP contribution in [0.4, 0.5) is 5.69 Å². The largest absolute Gasteiger partial charge is 0.508 e. The highest BCUT2D eigenvalue weighted by Crippen LogP contribution is 2.31. The molecule has 7 aromatic rings. The van der Waals surface area contributed by atoms with E-state index in [9.17, 15) is 53.7 Å². The Hall–Kier alpha value is -13.4. The Labute approximate surface area is 756 Å². The normalized spacial score (nSPS) is 22.2. The quantitative estimate of drug-likeness (QED) is 0.0492. The van der Waals surface area contributed by atoms with E-state index in [-0.39, 0.29) is 74.5 Å². The minimum atomic E-state index is -1.92. The Kier molecular flexibility index (Phi) is 36.1. The molecule has 35 nitrogen and oxygen atoms in total. The van der Waals surface area contributed by atoms with E-state index in [4.69, 9.17) is 17.3 Å². The summed E-state index contributed by atoms with van der Waals surface area (Å²) in [7, 11) is 5.16. The topological polar surface area (TPSA) is 500 Å². The molecule has 2 aliphatic rings. The van der Waals surface area contributed by atoms with E-state index in [0.29, 0.717) is 62.1 Å². The van der Waals surface area contributed by atoms with Crippen LogP contribution in [0, 0.1) is 11.8 Å². The van der Waals surface area contributed by atoms with Crippen LogP contribution >= 0.6 is 23.4 Å². The molecule has 15 N–H and O–H groups in total. The van der Waals surface area contributed by atoms with Crippen LogP contribution in [0.5, 0.6) is 11.5 Å². The van der Waals surface area contributed by atoms with Crippen molar-refractivity contribution in [1.29, 1.82) is 0 Å². The second-order valence-electron chi connectivity index (χ2n) is 33.1. The lowest BCUT2D eigenvalue weighted by Gasteiger charge is -2.37. The lowest BCUT2D eigenvalue weighted by Crippen LogP contribution is -2.61. The first-order chi connectivity index (χ1) is 61.3. The van der Waals surface area contributed by atoms with Crippen molar-refractivity contribution in [3.8, 4) is 11.5 Å². The van der Waals surface area contributed by atoms with Crippen LogP contribution in [0.3, 0.4) is 0 Å². The van der Waals surface area contributed by atoms with Gasteiger partial charge in [-0.15, -0.1) is 11.8 Å². The molecular weight excluding hydrogens is 1700 g/mol. The van der Waals surface area contributed by atoms with E-state index in [1.807, 2.05) is 6.92 Å². The third-order valence-corrected chi connectivity index (χ3v) is 23.5. The summed E-state index contributed by atoms with van der Waals surface area (Å²) in [6.45, 7) is 6.14. The summed E-state index contributed by atoms with van der Waals surface area (Å²) in [5, 5.41) is 55.9. The number of aromatic amines is 1. The lowest BCUT2D eigenvalue weighted by molar-refractivity contribution is -0.145. The first-order valence-electron chi connectivity index (χ1n) is 42.4. The van der Waals surface area contributed by atoms with Crippen LogP contribution in [0.15, 0.2) is 158 Å². The second kappa shape index (κ2) is 46.9. The van der Waals surface area contributed by atoms with Gasteiger partial charge in [0.1, 0.15) is 78.0 Å². The highest BCUT2D eigenvalue weighted by Gasteiger charge is 2.44. The van der Waals surface area contributed by atoms with E-state index in [1.165, 1.54) is 81.6 Å². The van der Waals surface area contributed by atoms with Gasteiger partial charge < -0.3 is 93.5 Å². The van der Waals surface area contributed by atoms with Crippen molar-refractivity contribution in [3.63, 3.8) is 0 Å². The van der Waals surface area contributed by atoms with Gasteiger partial charge in [-0.3, -0.25) is 81.6 Å². The summed E-state index contributed by atoms with van der Waals surface area (Å²) >= 11 is 7.13. The average Bonchev–Trinajstić information content (AvgIpc) is 1.68. The molecule has 0 saturated carbocycles. The summed E-state index contributed by atoms with van der Waals surface area (Å²) in [4.78, 5) is 244. The van der Waals surface area contributed by atoms with Gasteiger partial charge in [0.15, 0.2) is 0 Å². The number of hydrogen-bond acceptors (Lipinski definition) is 19. The van der Waals surface area contributed by atoms with Crippen LogP contribution < -0.4 is 58.5 Å². The molecule has 11 atom stereocenters. The van der Waals surface area contributed by atoms with Gasteiger partial charge in [0, 0.05) is 100 Å². The fraction of sp³-hybridized carbons (Fsp3) is 0.413. The molecule has 15 amide bonds. The average molecular weight is 1810 g/mol. The number of rotatable bonds is 21. The number of hydrogen-bond donors (Lipinski definition) is 14. The molecule has 1 fully saturated rings. The van der Waals surface area contributed by atoms with Crippen LogP contribution in [0.1, 0.15) is 100 Å². The van der Waals surface area contributed by atoms with E-state index in [0.717, 1.165) is 31.4 Å². The number of nitrogens with two attached hydrogens (primary N) is 1. The summed E-state index contributed by atoms with van der Waals surface area (Å²) in [5.41, 5.74) is 9.26. The van der Waals surface area contributed by atoms with Crippen LogP contribution in [-0.2, 0) is 115 Å². The summed E-state index contributed by atoms with van der Waals surface area (Å²) < 4.78 is 0. The number of primary amides is 1. The van der Waals surface area contributed by atoms with Crippen molar-refractivity contribution in [2.75, 3.05) is 64.2 Å². The number of aromatic nitrogens is 1. The number of phenols is 2. The number of thioether (sulfide) groups is 1. The molecule has 0 radical (unpaired) electrons. The number of carbonyl (C=O) groups is 16. The molecule has 2 aliphatic heterocycles. The smallest absolute Gasteiger partial charge is 0.305 e. The minimum absolute atomic E-state index is 0.00704. The number of likely N-dealkylation sites (N-methyl/N-ethyl adjacent to an activating group) is 4. The maximum atomic E-state index is 15.7. The maximum Gasteiger partial charge on any atom is 0.305 e. The van der Waals surface area contributed by atoms with Crippen molar-refractivity contribution in [2.24, 2.45) is 17.6 Å². The Bertz CT molecular complexity index is 5200. The molecule has 688 valence electrons. The number of amides is 15. The van der Waals surface area contributed by atoms with Gasteiger partial charge in [0.2, 0.25) is 82.7 Å². The third kappa shape index (κ3) is 28.6. The van der Waals surface area contributed by atoms with Crippen molar-refractivity contribution in [2.45, 2.75) is 172 Å². The summed E-state index contributed by atoms with van der Waals surface area (Å²) in [6, 6.07) is 22.9. The highest BCUT2D eigenvalue weighted by molar-refractivity contribution is 8.00. The number of para-hydroxylation sites is 1. The number of phenolic OH excluding ortho intramolecular Hbond substituents is 2. The summed E-state index contributed by atoms with van der Waals surface area (Å²) in [6.07, 6.45) is -0.0106. The number of benzene rings is 6. The number of halogens is 1. The zero-order valence-corrected chi connectivity index (χ0v) is 74.9. The Morgan fingerprint density at radius 1 is 0.527 bits per heavy atom. The number of nitrogens with zero attached hydrogens (tertiary/aromatic N) is 5. The van der Waals surface area contributed by atoms with E-state index < -0.39 is 205 Å². The van der Waals surface area contributed by atoms with Crippen LogP contribution in [0.25, 0.3) is 10.9 Å². The number of carbonyl (C=O) groups excluding carboxylic acids is 15. The van der Waals surface area contributed by atoms with Crippen molar-refractivity contribution in [1.82, 2.24) is 72.4 Å². The van der Waals surface area contributed by atoms with Gasteiger partial charge in [-0.05, 0) is 113 Å². The zero-order valence-electron chi connectivity index (χ0n) is 73.3. The fourth-order valence-corrected chi connectivity index (χ4v) is 16.3. The van der Waals surface area contributed by atoms with Crippen molar-refractivity contribution < 1.29 is 92.0 Å². The van der Waals surface area contributed by atoms with E-state index in [2.05, 4.69) is 52.8 Å². The first kappa shape index (κ1) is 99.4. The van der Waals surface area contributed by atoms with Gasteiger partial charge in [0.05, 0.1) is 31.8 Å². The molecule has 6 aromatic carbocycles. The van der Waals surface area contributed by atoms with Gasteiger partial charge in [-0.25, -0.2) is 0 Å². The third-order valence-electron chi connectivity index (χ3n) is 22.2. The number of fused-ring (bicyclic) bond motifs is 6. The van der Waals surface area contributed by atoms with E-state index in [1.54, 1.807) is 137 Å². The van der Waals surface area contributed by atoms with Gasteiger partial charge >= 0.3 is 5.97 Å². The minimum Gasteiger partial charge on any atom is -0.508 e. The molecule has 1 aromatic heterocycles. The first-order valence-corrected chi connectivity index (χ1v) is 44.0. The fourth-order valence-electron chi connectivity index (χ4n) is 15.3. The molecular formula is C92H113ClN16O19S. The van der Waals surface area contributed by atoms with E-state index >= 15 is 38.4 Å². The second-order valence-corrected chi connectivity index (χ2v) is 34.6. The molecule has 0 aliphatic carbocycles. The standard InChI is InChI=1S/C92H113ClN16O19S/c1-10-11-24-73-90(126)106(7)49-78(114)98-69(45-80(116)117)86(122)104-81(53(4)5)92(128)107(8)74(42-54-18-13-12-14-19-54)87(123)102-70(40-57-29-35-63(111)36-30-57)88(124)105(6)48-77(113)97-68(44-59-46-95-65-23-16-15-22-64(59)65)85(121)101-67(39-56-27-33-62(110)34-28-56)84(120)100-66(37-52(2)3)83(119)103-72(82(118)96-47-76(94)112)50-129-51-79(115)99-71(41-55-25-31-60(93)32-26-55)89(125)108(9)75-43-58-20-17-21-61(38-58)109(73)91(75)127/h12-23,25-36,38,46,52-53,66-75,81,95,110-111H,10-11,24,37,39-45,47-51H2,1-9H3,(H2,94,112)(H,96,118)(H,97,113)(H,98,114)(H,99,115)(H,100,120)(H,101,121)(H,102,123)(H,103,119)(H,104,122)(H,116,117)/t66-,67-,68-,69?,70-,71-,72-,73-,74-,75-,81-/m0/s1. The molecule has 9 rings (SSSR count). The number of aromatic hydroxyl groups is 2. The predicted molar refractivity (Wildman–Crippen MR) is 482 cm³/mol. The molecule has 1 saturated heterocycles. The zero-order chi connectivity index (χ0) is 94.0. The van der Waals surface area contributed by atoms with Crippen molar-refractivity contribution in [3.05, 3.63) is 196 Å². The SMILES string of the molecule is CCCC[C@H]1C(=O)N(C)CC(=O)NC(CC(=O)O)C(=O)N[C@@H](C(C)C)C(=O)N(C)[C@@H](Cc2ccccc2)C(=O)N[C@@H](Cc2ccc(O)cc2)C(=O)N(C)CC(=O)N[C@@H](Cc2c[nH]c3ccccc23)C(=O)N[C@@H](Cc2ccc(O)cc2)C(=O)N[C@@H](CC(C)C)C(=O)N[C@H](C(=O)NCC(N)=O)CSCC(=O)N[C@@H](Cc2ccc(Cl)cc2)C(=O)N(C)[C@H]2Cc3cccc(c3)N1C2=O. The molecule has 129 heavy (non-hydrogen) atoms. The number of unbranched alkanes of at least 4 members (excludes halogenated alkanes) is 1. The Morgan fingerprint density at radius 2 is 1.05 bits per heavy atom. The Morgan fingerprint density at radius 3 is 1.65 bits per heavy atom. The monoisotopic (exact) mass is 1810 g/mol. The van der Waals surface area contributed by atoms with Crippen molar-refractivity contribution >= 4 is 135 Å². The predicted octanol–water partition coefficient (Wildman–Crippen LogP) is 2.87. The molecule has 37 heteroatoms. The maximum absolute atomic E-state index is 15.7. The number of H-pyrrole nitrogens is 1. The molecule has 4 bridgehead atoms. The number of aliphatic carboxylic acids is 1. The number of nitrogens with one attached hydrogen (secondary N) is 10. The molecule has 3 heterocycles. The Balaban J connectivity index is 1.11. The number of carboxylic acid groups (broad SMARTS) is 1. The van der Waals surface area contributed by atoms with Crippen LogP contribution in [0.2, 0.25) is 5.02 Å². The summed E-state index contributed by atoms with van der Waals surface area (Å²) in [5.74, 6) is -17.6. The van der Waals surface area contributed by atoms with Gasteiger partial charge in [-0.2, -0.15) is 0 Å². The molecule has 0 spiro atoms. The molecule has 1 unspecified atom stereocenters. The number of carboxylic acids is 1. The van der Waals surface area contributed by atoms with Crippen LogP contribution in [-0.4, -0.2) is 260 Å². The van der Waals surface area contributed by atoms with Gasteiger partial charge in [-0.1, -0.05) is 156 Å². The number of anilines is 1. The lowest BCUT2D eigenvalue weighted by atomic mass is 9.98.